The molecule has 1 heterocycles. The van der Waals surface area contributed by atoms with Gasteiger partial charge in [0.25, 0.3) is 6.43 Å². The molecule has 20 heavy (non-hydrogen) atoms. The summed E-state index contributed by atoms with van der Waals surface area (Å²) >= 11 is 0. The Morgan fingerprint density at radius 3 is 2.50 bits per heavy atom. The van der Waals surface area contributed by atoms with E-state index in [4.69, 9.17) is 5.73 Å². The fourth-order valence-corrected chi connectivity index (χ4v) is 2.16. The van der Waals surface area contributed by atoms with Crippen molar-refractivity contribution in [1.29, 1.82) is 0 Å². The average molecular weight is 281 g/mol. The summed E-state index contributed by atoms with van der Waals surface area (Å²) < 4.78 is 25.1. The molecule has 0 atom stereocenters. The fraction of sp³-hybridized carbons (Fsp3) is 0.429. The van der Waals surface area contributed by atoms with Gasteiger partial charge in [0.15, 0.2) is 0 Å². The molecule has 1 aromatic carbocycles. The molecule has 1 aliphatic heterocycles. The lowest BCUT2D eigenvalue weighted by Gasteiger charge is -2.34. The minimum atomic E-state index is -2.61. The molecule has 0 saturated heterocycles. The Labute approximate surface area is 116 Å². The number of alkyl halides is 2. The number of nitrogens with zero attached hydrogens (tertiary/aromatic N) is 2. The summed E-state index contributed by atoms with van der Waals surface area (Å²) in [4.78, 5) is 12.1. The summed E-state index contributed by atoms with van der Waals surface area (Å²) in [6.45, 7) is 2.79. The lowest BCUT2D eigenvalue weighted by molar-refractivity contribution is -0.143. The van der Waals surface area contributed by atoms with E-state index in [2.05, 4.69) is 5.10 Å². The van der Waals surface area contributed by atoms with Gasteiger partial charge in [-0.15, -0.1) is 0 Å². The maximum Gasteiger partial charge on any atom is 0.258 e. The van der Waals surface area contributed by atoms with Crippen LogP contribution in [0.2, 0.25) is 0 Å². The van der Waals surface area contributed by atoms with Gasteiger partial charge in [-0.05, 0) is 17.7 Å². The molecular weight excluding hydrogens is 264 g/mol. The predicted octanol–water partition coefficient (Wildman–Crippen LogP) is 2.50. The van der Waals surface area contributed by atoms with Gasteiger partial charge in [0.05, 0.1) is 11.1 Å². The minimum absolute atomic E-state index is 0.378. The van der Waals surface area contributed by atoms with Crippen LogP contribution in [0, 0.1) is 5.41 Å². The van der Waals surface area contributed by atoms with Crippen molar-refractivity contribution >= 4 is 17.3 Å². The van der Waals surface area contributed by atoms with E-state index in [1.807, 2.05) is 0 Å². The normalized spacial score (nSPS) is 18.4. The van der Waals surface area contributed by atoms with Crippen LogP contribution in [0.15, 0.2) is 29.4 Å². The van der Waals surface area contributed by atoms with Crippen LogP contribution >= 0.6 is 0 Å². The first-order valence-electron chi connectivity index (χ1n) is 6.33. The maximum atomic E-state index is 12.5. The Kier molecular flexibility index (Phi) is 3.74. The van der Waals surface area contributed by atoms with E-state index in [0.717, 1.165) is 10.6 Å². The molecule has 0 aromatic heterocycles. The largest absolute Gasteiger partial charge is 0.399 e. The van der Waals surface area contributed by atoms with Gasteiger partial charge in [0.1, 0.15) is 6.54 Å². The van der Waals surface area contributed by atoms with Gasteiger partial charge in [-0.2, -0.15) is 5.10 Å². The molecule has 1 aromatic rings. The number of hydrazone groups is 1. The first-order chi connectivity index (χ1) is 9.29. The van der Waals surface area contributed by atoms with Crippen molar-refractivity contribution in [3.8, 4) is 0 Å². The third-order valence-corrected chi connectivity index (χ3v) is 3.22. The molecule has 108 valence electrons. The summed E-state index contributed by atoms with van der Waals surface area (Å²) in [7, 11) is 0. The van der Waals surface area contributed by atoms with Crippen LogP contribution in [0.1, 0.15) is 25.8 Å². The van der Waals surface area contributed by atoms with E-state index in [1.54, 1.807) is 38.1 Å². The van der Waals surface area contributed by atoms with Gasteiger partial charge in [-0.25, -0.2) is 13.8 Å². The Morgan fingerprint density at radius 1 is 1.35 bits per heavy atom. The third-order valence-electron chi connectivity index (χ3n) is 3.22. The Hall–Kier alpha value is -1.98. The van der Waals surface area contributed by atoms with E-state index in [0.29, 0.717) is 17.8 Å². The minimum Gasteiger partial charge on any atom is -0.399 e. The number of benzene rings is 1. The van der Waals surface area contributed by atoms with Crippen molar-refractivity contribution in [1.82, 2.24) is 5.01 Å². The van der Waals surface area contributed by atoms with Gasteiger partial charge in [-0.1, -0.05) is 26.0 Å². The van der Waals surface area contributed by atoms with Crippen molar-refractivity contribution in [3.05, 3.63) is 29.8 Å². The number of carbonyl (C=O) groups is 1. The molecule has 0 aliphatic carbocycles. The molecule has 0 spiro atoms. The number of nitrogen functional groups attached to an aromatic ring is 1. The van der Waals surface area contributed by atoms with Crippen LogP contribution in [0.25, 0.3) is 0 Å². The highest BCUT2D eigenvalue weighted by atomic mass is 19.3. The van der Waals surface area contributed by atoms with E-state index >= 15 is 0 Å². The van der Waals surface area contributed by atoms with Crippen LogP contribution in [-0.2, 0) is 4.79 Å². The molecule has 0 saturated carbocycles. The number of amides is 1. The lowest BCUT2D eigenvalue weighted by Crippen LogP contribution is -2.45. The Morgan fingerprint density at radius 2 is 1.95 bits per heavy atom. The second kappa shape index (κ2) is 5.19. The number of carbonyl (C=O) groups excluding carboxylic acids is 1. The number of halogens is 2. The number of anilines is 1. The Balaban J connectivity index is 2.36. The van der Waals surface area contributed by atoms with Gasteiger partial charge in [0.2, 0.25) is 5.91 Å². The average Bonchev–Trinajstić information content (AvgIpc) is 2.35. The molecule has 6 heteroatoms. The van der Waals surface area contributed by atoms with Gasteiger partial charge in [-0.3, -0.25) is 4.79 Å². The zero-order chi connectivity index (χ0) is 14.9. The van der Waals surface area contributed by atoms with Gasteiger partial charge in [0, 0.05) is 12.1 Å². The zero-order valence-corrected chi connectivity index (χ0v) is 11.4. The van der Waals surface area contributed by atoms with Crippen molar-refractivity contribution in [2.75, 3.05) is 12.3 Å². The predicted molar refractivity (Wildman–Crippen MR) is 73.5 cm³/mol. The lowest BCUT2D eigenvalue weighted by atomic mass is 9.83. The van der Waals surface area contributed by atoms with E-state index < -0.39 is 18.4 Å². The van der Waals surface area contributed by atoms with E-state index in [1.165, 1.54) is 0 Å². The topological polar surface area (TPSA) is 58.7 Å². The maximum absolute atomic E-state index is 12.5. The number of hydrogen-bond donors (Lipinski definition) is 1. The second-order valence-electron chi connectivity index (χ2n) is 5.51. The highest BCUT2D eigenvalue weighted by Gasteiger charge is 2.38. The summed E-state index contributed by atoms with van der Waals surface area (Å²) in [5, 5.41) is 4.95. The van der Waals surface area contributed by atoms with Crippen molar-refractivity contribution < 1.29 is 13.6 Å². The van der Waals surface area contributed by atoms with Crippen molar-refractivity contribution in [3.63, 3.8) is 0 Å². The molecule has 4 nitrogen and oxygen atoms in total. The molecular formula is C14H17F2N3O. The molecule has 1 amide bonds. The summed E-state index contributed by atoms with van der Waals surface area (Å²) in [6, 6.07) is 7.00. The summed E-state index contributed by atoms with van der Waals surface area (Å²) in [5.74, 6) is -0.378. The van der Waals surface area contributed by atoms with Crippen LogP contribution in [-0.4, -0.2) is 29.6 Å². The number of rotatable bonds is 3. The fourth-order valence-electron chi connectivity index (χ4n) is 2.16. The Bertz CT molecular complexity index is 538. The molecule has 0 radical (unpaired) electrons. The van der Waals surface area contributed by atoms with Crippen LogP contribution in [0.3, 0.4) is 0 Å². The van der Waals surface area contributed by atoms with Crippen molar-refractivity contribution in [2.45, 2.75) is 26.7 Å². The summed E-state index contributed by atoms with van der Waals surface area (Å²) in [5.41, 5.74) is 6.91. The first kappa shape index (κ1) is 14.4. The first-order valence-corrected chi connectivity index (χ1v) is 6.33. The van der Waals surface area contributed by atoms with Crippen LogP contribution in [0.5, 0.6) is 0 Å². The summed E-state index contributed by atoms with van der Waals surface area (Å²) in [6.07, 6.45) is -2.19. The molecule has 2 rings (SSSR count). The highest BCUT2D eigenvalue weighted by molar-refractivity contribution is 6.05. The molecule has 1 aliphatic rings. The van der Waals surface area contributed by atoms with Crippen molar-refractivity contribution in [2.24, 2.45) is 10.5 Å². The molecule has 0 bridgehead atoms. The smallest absolute Gasteiger partial charge is 0.258 e. The quantitative estimate of drug-likeness (QED) is 0.865. The standard InChI is InChI=1S/C14H17F2N3O/c1-14(2)7-11(9-3-5-10(17)6-4-9)18-19(13(14)20)8-12(15)16/h3-6,12H,7-8,17H2,1-2H3. The molecule has 0 fully saturated rings. The monoisotopic (exact) mass is 281 g/mol. The third kappa shape index (κ3) is 2.95. The second-order valence-corrected chi connectivity index (χ2v) is 5.51. The number of nitrogens with two attached hydrogens (primary N) is 1. The van der Waals surface area contributed by atoms with E-state index in [-0.39, 0.29) is 5.91 Å². The number of hydrogen-bond acceptors (Lipinski definition) is 3. The van der Waals surface area contributed by atoms with E-state index in [9.17, 15) is 13.6 Å². The van der Waals surface area contributed by atoms with Gasteiger partial charge < -0.3 is 5.73 Å². The zero-order valence-electron chi connectivity index (χ0n) is 11.4. The van der Waals surface area contributed by atoms with Crippen LogP contribution in [0.4, 0.5) is 14.5 Å². The van der Waals surface area contributed by atoms with Gasteiger partial charge >= 0.3 is 0 Å². The molecule has 2 N–H and O–H groups in total. The SMILES string of the molecule is CC1(C)CC(c2ccc(N)cc2)=NN(CC(F)F)C1=O. The van der Waals surface area contributed by atoms with Crippen LogP contribution < -0.4 is 5.73 Å². The highest BCUT2D eigenvalue weighted by Crippen LogP contribution is 2.31. The molecule has 0 unspecified atom stereocenters.